The molecular weight excluding hydrogens is 378 g/mol. The highest BCUT2D eigenvalue weighted by atomic mass is 16.3. The summed E-state index contributed by atoms with van der Waals surface area (Å²) < 4.78 is 4.23. The van der Waals surface area contributed by atoms with Crippen molar-refractivity contribution in [2.24, 2.45) is 14.1 Å². The second-order valence-electron chi connectivity index (χ2n) is 8.02. The molecular formula is C24H24N3O3+. The molecule has 3 heterocycles. The highest BCUT2D eigenvalue weighted by Gasteiger charge is 2.43. The van der Waals surface area contributed by atoms with Crippen LogP contribution >= 0.6 is 0 Å². The van der Waals surface area contributed by atoms with Crippen molar-refractivity contribution in [3.05, 3.63) is 98.0 Å². The number of aromatic nitrogens is 3. The standard InChI is InChI=1S/C24H23N3O3/c1-24(2)18-11-7-8-12-19(18)27-14-13-16(15-20(24)27)9-5-6-10-17-21(28)25(3)23(30)26(4)22(17)29/h5-15H,1-4H3/p+1. The zero-order valence-corrected chi connectivity index (χ0v) is 17.5. The molecule has 1 aliphatic rings. The minimum absolute atomic E-state index is 0.0744. The van der Waals surface area contributed by atoms with Crippen LogP contribution in [-0.2, 0) is 19.5 Å². The van der Waals surface area contributed by atoms with E-state index in [-0.39, 0.29) is 16.9 Å². The van der Waals surface area contributed by atoms with Crippen LogP contribution in [0, 0.1) is 0 Å². The maximum atomic E-state index is 12.2. The SMILES string of the molecule is Cn1c(O)c(/C=C/C=C/c2cc[n+]3c(c2)C(C)(C)c2ccccc2-3)c(=O)n(C)c1=O. The van der Waals surface area contributed by atoms with E-state index in [1.54, 1.807) is 6.08 Å². The summed E-state index contributed by atoms with van der Waals surface area (Å²) in [6.07, 6.45) is 9.02. The monoisotopic (exact) mass is 402 g/mol. The van der Waals surface area contributed by atoms with Crippen LogP contribution in [0.2, 0.25) is 0 Å². The van der Waals surface area contributed by atoms with Gasteiger partial charge in [0.2, 0.25) is 11.6 Å². The fraction of sp³-hybridized carbons (Fsp3) is 0.208. The van der Waals surface area contributed by atoms with Crippen LogP contribution in [0.5, 0.6) is 5.88 Å². The number of pyridine rings is 1. The molecule has 0 spiro atoms. The number of allylic oxidation sites excluding steroid dienone is 2. The molecule has 0 fully saturated rings. The maximum Gasteiger partial charge on any atom is 0.333 e. The van der Waals surface area contributed by atoms with Crippen molar-refractivity contribution in [1.29, 1.82) is 0 Å². The summed E-state index contributed by atoms with van der Waals surface area (Å²) in [5.74, 6) is -0.346. The summed E-state index contributed by atoms with van der Waals surface area (Å²) in [6.45, 7) is 4.44. The Kier molecular flexibility index (Phi) is 4.57. The lowest BCUT2D eigenvalue weighted by atomic mass is 9.83. The number of nitrogens with zero attached hydrogens (tertiary/aromatic N) is 3. The molecule has 6 nitrogen and oxygen atoms in total. The smallest absolute Gasteiger partial charge is 0.333 e. The Labute approximate surface area is 174 Å². The van der Waals surface area contributed by atoms with Gasteiger partial charge in [0, 0.05) is 37.9 Å². The first-order valence-corrected chi connectivity index (χ1v) is 9.73. The highest BCUT2D eigenvalue weighted by Crippen LogP contribution is 2.37. The van der Waals surface area contributed by atoms with Gasteiger partial charge in [-0.2, -0.15) is 4.57 Å². The van der Waals surface area contributed by atoms with Crippen molar-refractivity contribution in [2.45, 2.75) is 19.3 Å². The molecule has 152 valence electrons. The third-order valence-corrected chi connectivity index (χ3v) is 5.79. The third-order valence-electron chi connectivity index (χ3n) is 5.79. The maximum absolute atomic E-state index is 12.2. The molecule has 0 saturated heterocycles. The number of hydrogen-bond donors (Lipinski definition) is 1. The van der Waals surface area contributed by atoms with E-state index in [1.165, 1.54) is 37.1 Å². The molecule has 2 aromatic heterocycles. The van der Waals surface area contributed by atoms with Crippen molar-refractivity contribution in [1.82, 2.24) is 9.13 Å². The van der Waals surface area contributed by atoms with Crippen LogP contribution in [0.1, 0.15) is 36.2 Å². The van der Waals surface area contributed by atoms with E-state index in [4.69, 9.17) is 0 Å². The predicted octanol–water partition coefficient (Wildman–Crippen LogP) is 2.43. The van der Waals surface area contributed by atoms with Crippen molar-refractivity contribution >= 4 is 12.2 Å². The summed E-state index contributed by atoms with van der Waals surface area (Å²) in [5.41, 5.74) is 3.62. The first kappa shape index (κ1) is 19.6. The first-order valence-electron chi connectivity index (χ1n) is 9.73. The minimum atomic E-state index is -0.565. The molecule has 1 aromatic carbocycles. The molecule has 4 rings (SSSR count). The van der Waals surface area contributed by atoms with Crippen molar-refractivity contribution in [2.75, 3.05) is 0 Å². The molecule has 1 aliphatic heterocycles. The summed E-state index contributed by atoms with van der Waals surface area (Å²) in [6, 6.07) is 12.6. The zero-order valence-electron chi connectivity index (χ0n) is 17.5. The summed E-state index contributed by atoms with van der Waals surface area (Å²) in [5, 5.41) is 10.1. The number of benzene rings is 1. The molecule has 0 saturated carbocycles. The zero-order chi connectivity index (χ0) is 21.6. The molecule has 30 heavy (non-hydrogen) atoms. The molecule has 0 atom stereocenters. The topological polar surface area (TPSA) is 68.1 Å². The van der Waals surface area contributed by atoms with Crippen molar-refractivity contribution < 1.29 is 9.67 Å². The van der Waals surface area contributed by atoms with Gasteiger partial charge in [0.15, 0.2) is 11.9 Å². The average molecular weight is 402 g/mol. The molecule has 0 radical (unpaired) electrons. The van der Waals surface area contributed by atoms with Crippen LogP contribution in [0.4, 0.5) is 0 Å². The average Bonchev–Trinajstić information content (AvgIpc) is 2.97. The lowest BCUT2D eigenvalue weighted by molar-refractivity contribution is -0.599. The number of rotatable bonds is 3. The Morgan fingerprint density at radius 3 is 2.47 bits per heavy atom. The minimum Gasteiger partial charge on any atom is -0.494 e. The number of para-hydroxylation sites is 1. The lowest BCUT2D eigenvalue weighted by Crippen LogP contribution is -2.37. The van der Waals surface area contributed by atoms with Gasteiger partial charge >= 0.3 is 5.69 Å². The van der Waals surface area contributed by atoms with Gasteiger partial charge in [-0.25, -0.2) is 4.79 Å². The predicted molar refractivity (Wildman–Crippen MR) is 117 cm³/mol. The number of aromatic hydroxyl groups is 1. The van der Waals surface area contributed by atoms with Gasteiger partial charge in [-0.3, -0.25) is 13.9 Å². The molecule has 3 aromatic rings. The Balaban J connectivity index is 1.65. The van der Waals surface area contributed by atoms with E-state index in [1.807, 2.05) is 18.2 Å². The van der Waals surface area contributed by atoms with E-state index >= 15 is 0 Å². The van der Waals surface area contributed by atoms with Gasteiger partial charge in [0.25, 0.3) is 5.56 Å². The highest BCUT2D eigenvalue weighted by molar-refractivity contribution is 5.60. The van der Waals surface area contributed by atoms with Crippen LogP contribution < -0.4 is 15.8 Å². The molecule has 0 unspecified atom stereocenters. The number of fused-ring (bicyclic) bond motifs is 3. The van der Waals surface area contributed by atoms with Crippen molar-refractivity contribution in [3.8, 4) is 11.6 Å². The fourth-order valence-electron chi connectivity index (χ4n) is 3.99. The van der Waals surface area contributed by atoms with E-state index in [2.05, 4.69) is 54.9 Å². The largest absolute Gasteiger partial charge is 0.494 e. The molecule has 0 bridgehead atoms. The Hall–Kier alpha value is -3.67. The van der Waals surface area contributed by atoms with Gasteiger partial charge < -0.3 is 5.11 Å². The van der Waals surface area contributed by atoms with Gasteiger partial charge in [-0.1, -0.05) is 36.4 Å². The van der Waals surface area contributed by atoms with E-state index in [9.17, 15) is 14.7 Å². The molecule has 0 amide bonds. The normalized spacial score (nSPS) is 14.4. The molecule has 1 N–H and O–H groups in total. The van der Waals surface area contributed by atoms with E-state index in [0.29, 0.717) is 0 Å². The second kappa shape index (κ2) is 6.99. The van der Waals surface area contributed by atoms with E-state index < -0.39 is 11.2 Å². The number of hydrogen-bond acceptors (Lipinski definition) is 3. The van der Waals surface area contributed by atoms with Crippen LogP contribution in [0.15, 0.2) is 64.3 Å². The third kappa shape index (κ3) is 2.92. The van der Waals surface area contributed by atoms with E-state index in [0.717, 1.165) is 14.7 Å². The lowest BCUT2D eigenvalue weighted by Gasteiger charge is -2.14. The summed E-state index contributed by atoms with van der Waals surface area (Å²) >= 11 is 0. The van der Waals surface area contributed by atoms with Gasteiger partial charge in [0.1, 0.15) is 5.56 Å². The van der Waals surface area contributed by atoms with Crippen LogP contribution in [0.3, 0.4) is 0 Å². The van der Waals surface area contributed by atoms with Gasteiger partial charge in [-0.15, -0.1) is 0 Å². The van der Waals surface area contributed by atoms with Crippen LogP contribution in [0.25, 0.3) is 17.8 Å². The van der Waals surface area contributed by atoms with Gasteiger partial charge in [-0.05, 0) is 25.5 Å². The summed E-state index contributed by atoms with van der Waals surface area (Å²) in [7, 11) is 2.81. The summed E-state index contributed by atoms with van der Waals surface area (Å²) in [4.78, 5) is 24.1. The second-order valence-corrected chi connectivity index (χ2v) is 8.02. The Bertz CT molecular complexity index is 1340. The fourth-order valence-corrected chi connectivity index (χ4v) is 3.99. The Morgan fingerprint density at radius 2 is 1.70 bits per heavy atom. The Morgan fingerprint density at radius 1 is 1.00 bits per heavy atom. The van der Waals surface area contributed by atoms with Crippen molar-refractivity contribution in [3.63, 3.8) is 0 Å². The molecule has 0 aliphatic carbocycles. The quantitative estimate of drug-likeness (QED) is 0.541. The van der Waals surface area contributed by atoms with Crippen LogP contribution in [-0.4, -0.2) is 14.2 Å². The van der Waals surface area contributed by atoms with Gasteiger partial charge in [0.05, 0.1) is 5.41 Å². The molecule has 6 heteroatoms. The first-order chi connectivity index (χ1) is 14.2.